The molecule has 2 amide bonds. The number of halogens is 2. The van der Waals surface area contributed by atoms with Crippen LogP contribution in [-0.4, -0.2) is 28.6 Å². The lowest BCUT2D eigenvalue weighted by Gasteiger charge is -2.18. The second-order valence-electron chi connectivity index (χ2n) is 6.14. The summed E-state index contributed by atoms with van der Waals surface area (Å²) in [6.07, 6.45) is 5.95. The molecular weight excluding hydrogens is 395 g/mol. The highest BCUT2D eigenvalue weighted by Crippen LogP contribution is 2.35. The van der Waals surface area contributed by atoms with Crippen molar-refractivity contribution in [3.8, 4) is 0 Å². The summed E-state index contributed by atoms with van der Waals surface area (Å²) in [5.74, 6) is -0.365. The van der Waals surface area contributed by atoms with Crippen molar-refractivity contribution >= 4 is 51.5 Å². The normalized spacial score (nSPS) is 14.8. The molecule has 1 aromatic heterocycles. The van der Waals surface area contributed by atoms with Gasteiger partial charge in [0.05, 0.1) is 17.1 Å². The Balaban J connectivity index is 1.51. The van der Waals surface area contributed by atoms with Gasteiger partial charge in [0.2, 0.25) is 11.0 Å². The van der Waals surface area contributed by atoms with Gasteiger partial charge in [0.15, 0.2) is 0 Å². The maximum absolute atomic E-state index is 12.1. The van der Waals surface area contributed by atoms with Crippen LogP contribution in [0.25, 0.3) is 0 Å². The van der Waals surface area contributed by atoms with E-state index in [0.717, 1.165) is 17.8 Å². The van der Waals surface area contributed by atoms with Gasteiger partial charge < -0.3 is 5.32 Å². The molecule has 0 radical (unpaired) electrons. The maximum Gasteiger partial charge on any atom is 0.253 e. The number of anilines is 1. The molecule has 1 aromatic carbocycles. The largest absolute Gasteiger partial charge is 0.343 e. The van der Waals surface area contributed by atoms with Crippen molar-refractivity contribution in [1.82, 2.24) is 15.5 Å². The van der Waals surface area contributed by atoms with Crippen LogP contribution in [-0.2, 0) is 4.79 Å². The van der Waals surface area contributed by atoms with Gasteiger partial charge in [-0.1, -0.05) is 53.8 Å². The molecular formula is C17H18Cl2N4O2S. The molecule has 1 fully saturated rings. The number of carbonyl (C=O) groups is 2. The predicted molar refractivity (Wildman–Crippen MR) is 103 cm³/mol. The summed E-state index contributed by atoms with van der Waals surface area (Å²) in [7, 11) is 0. The molecule has 1 saturated carbocycles. The molecule has 0 atom stereocenters. The Morgan fingerprint density at radius 3 is 2.65 bits per heavy atom. The minimum absolute atomic E-state index is 0.184. The molecule has 2 N–H and O–H groups in total. The van der Waals surface area contributed by atoms with Gasteiger partial charge in [-0.25, -0.2) is 0 Å². The van der Waals surface area contributed by atoms with Crippen LogP contribution in [0.15, 0.2) is 18.2 Å². The lowest BCUT2D eigenvalue weighted by Crippen LogP contribution is -2.33. The quantitative estimate of drug-likeness (QED) is 0.767. The lowest BCUT2D eigenvalue weighted by atomic mass is 9.90. The van der Waals surface area contributed by atoms with Crippen LogP contribution in [0.3, 0.4) is 0 Å². The summed E-state index contributed by atoms with van der Waals surface area (Å²) in [4.78, 5) is 24.1. The SMILES string of the molecule is O=C(CNC(=O)c1ccc(Cl)cc1Cl)Nc1nnc(C2CCCCC2)s1. The van der Waals surface area contributed by atoms with Crippen LogP contribution in [0.4, 0.5) is 5.13 Å². The molecule has 1 aliphatic rings. The van der Waals surface area contributed by atoms with E-state index in [1.807, 2.05) is 0 Å². The van der Waals surface area contributed by atoms with Gasteiger partial charge in [-0.2, -0.15) is 0 Å². The first kappa shape index (κ1) is 19.1. The number of rotatable bonds is 5. The first-order valence-corrected chi connectivity index (χ1v) is 9.96. The van der Waals surface area contributed by atoms with Crippen LogP contribution in [0.2, 0.25) is 10.0 Å². The zero-order valence-corrected chi connectivity index (χ0v) is 16.3. The monoisotopic (exact) mass is 412 g/mol. The fourth-order valence-electron chi connectivity index (χ4n) is 2.89. The summed E-state index contributed by atoms with van der Waals surface area (Å²) in [5.41, 5.74) is 0.263. The van der Waals surface area contributed by atoms with Crippen molar-refractivity contribution in [1.29, 1.82) is 0 Å². The van der Waals surface area contributed by atoms with E-state index in [0.29, 0.717) is 16.1 Å². The number of carbonyl (C=O) groups excluding carboxylic acids is 2. The van der Waals surface area contributed by atoms with Gasteiger partial charge in [-0.3, -0.25) is 14.9 Å². The third kappa shape index (κ3) is 4.93. The minimum atomic E-state index is -0.443. The van der Waals surface area contributed by atoms with Crippen LogP contribution < -0.4 is 10.6 Å². The average Bonchev–Trinajstić information content (AvgIpc) is 3.09. The fourth-order valence-corrected chi connectivity index (χ4v) is 4.32. The Kier molecular flexibility index (Phi) is 6.45. The van der Waals surface area contributed by atoms with E-state index in [4.69, 9.17) is 23.2 Å². The highest BCUT2D eigenvalue weighted by Gasteiger charge is 2.20. The Morgan fingerprint density at radius 1 is 1.15 bits per heavy atom. The smallest absolute Gasteiger partial charge is 0.253 e. The molecule has 0 bridgehead atoms. The van der Waals surface area contributed by atoms with E-state index in [1.54, 1.807) is 6.07 Å². The van der Waals surface area contributed by atoms with E-state index in [2.05, 4.69) is 20.8 Å². The number of hydrogen-bond acceptors (Lipinski definition) is 5. The second-order valence-corrected chi connectivity index (χ2v) is 7.99. The van der Waals surface area contributed by atoms with Crippen molar-refractivity contribution < 1.29 is 9.59 Å². The van der Waals surface area contributed by atoms with Gasteiger partial charge in [0, 0.05) is 10.9 Å². The van der Waals surface area contributed by atoms with Gasteiger partial charge in [0.1, 0.15) is 5.01 Å². The van der Waals surface area contributed by atoms with Crippen LogP contribution in [0.1, 0.15) is 53.4 Å². The van der Waals surface area contributed by atoms with Gasteiger partial charge in [-0.15, -0.1) is 10.2 Å². The second kappa shape index (κ2) is 8.79. The molecule has 1 heterocycles. The maximum atomic E-state index is 12.1. The van der Waals surface area contributed by atoms with E-state index in [9.17, 15) is 9.59 Å². The zero-order valence-electron chi connectivity index (χ0n) is 13.9. The molecule has 0 aliphatic heterocycles. The Morgan fingerprint density at radius 2 is 1.92 bits per heavy atom. The van der Waals surface area contributed by atoms with Crippen LogP contribution >= 0.6 is 34.5 Å². The first-order chi connectivity index (χ1) is 12.5. The standard InChI is InChI=1S/C17H18Cl2N4O2S/c18-11-6-7-12(13(19)8-11)15(25)20-9-14(24)21-17-23-22-16(26-17)10-4-2-1-3-5-10/h6-8,10H,1-5,9H2,(H,20,25)(H,21,23,24). The van der Waals surface area contributed by atoms with Crippen molar-refractivity contribution in [2.24, 2.45) is 0 Å². The predicted octanol–water partition coefficient (Wildman–Crippen LogP) is 4.26. The van der Waals surface area contributed by atoms with E-state index < -0.39 is 5.91 Å². The number of nitrogens with zero attached hydrogens (tertiary/aromatic N) is 2. The molecule has 138 valence electrons. The fraction of sp³-hybridized carbons (Fsp3) is 0.412. The summed E-state index contributed by atoms with van der Waals surface area (Å²) in [6, 6.07) is 4.56. The number of benzene rings is 1. The van der Waals surface area contributed by atoms with Crippen molar-refractivity contribution in [3.63, 3.8) is 0 Å². The van der Waals surface area contributed by atoms with E-state index in [1.165, 1.54) is 42.7 Å². The van der Waals surface area contributed by atoms with Crippen molar-refractivity contribution in [2.45, 2.75) is 38.0 Å². The molecule has 9 heteroatoms. The van der Waals surface area contributed by atoms with Gasteiger partial charge in [0.25, 0.3) is 5.91 Å². The lowest BCUT2D eigenvalue weighted by molar-refractivity contribution is -0.115. The van der Waals surface area contributed by atoms with E-state index >= 15 is 0 Å². The van der Waals surface area contributed by atoms with Crippen LogP contribution in [0.5, 0.6) is 0 Å². The molecule has 6 nitrogen and oxygen atoms in total. The third-order valence-corrected chi connectivity index (χ3v) is 5.78. The average molecular weight is 413 g/mol. The zero-order chi connectivity index (χ0) is 18.5. The molecule has 3 rings (SSSR count). The first-order valence-electron chi connectivity index (χ1n) is 8.39. The summed E-state index contributed by atoms with van der Waals surface area (Å²) >= 11 is 13.2. The molecule has 0 spiro atoms. The van der Waals surface area contributed by atoms with Crippen molar-refractivity contribution in [2.75, 3.05) is 11.9 Å². The third-order valence-electron chi connectivity index (χ3n) is 4.23. The number of nitrogens with one attached hydrogen (secondary N) is 2. The summed E-state index contributed by atoms with van der Waals surface area (Å²) < 4.78 is 0. The van der Waals surface area contributed by atoms with Crippen LogP contribution in [0, 0.1) is 0 Å². The molecule has 0 saturated heterocycles. The van der Waals surface area contributed by atoms with E-state index in [-0.39, 0.29) is 23.0 Å². The van der Waals surface area contributed by atoms with Gasteiger partial charge >= 0.3 is 0 Å². The minimum Gasteiger partial charge on any atom is -0.343 e. The number of hydrogen-bond donors (Lipinski definition) is 2. The molecule has 26 heavy (non-hydrogen) atoms. The topological polar surface area (TPSA) is 84.0 Å². The highest BCUT2D eigenvalue weighted by atomic mass is 35.5. The number of aromatic nitrogens is 2. The highest BCUT2D eigenvalue weighted by molar-refractivity contribution is 7.15. The molecule has 0 unspecified atom stereocenters. The molecule has 1 aliphatic carbocycles. The van der Waals surface area contributed by atoms with Crippen molar-refractivity contribution in [3.05, 3.63) is 38.8 Å². The molecule has 2 aromatic rings. The summed E-state index contributed by atoms with van der Waals surface area (Å²) in [6.45, 7) is -0.184. The number of amides is 2. The Bertz CT molecular complexity index is 806. The van der Waals surface area contributed by atoms with Gasteiger partial charge in [-0.05, 0) is 31.0 Å². The Hall–Kier alpha value is -1.70. The summed E-state index contributed by atoms with van der Waals surface area (Å²) in [5, 5.41) is 15.5. The Labute approximate surface area is 165 Å².